The average Bonchev–Trinajstić information content (AvgIpc) is 2.76. The molecule has 5 heteroatoms. The summed E-state index contributed by atoms with van der Waals surface area (Å²) in [6.07, 6.45) is 13.9. The van der Waals surface area contributed by atoms with Gasteiger partial charge in [0.15, 0.2) is 0 Å². The molecule has 0 aliphatic heterocycles. The van der Waals surface area contributed by atoms with Crippen LogP contribution in [-0.4, -0.2) is 5.75 Å². The fourth-order valence-corrected chi connectivity index (χ4v) is 6.81. The van der Waals surface area contributed by atoms with Crippen LogP contribution < -0.4 is 0 Å². The van der Waals surface area contributed by atoms with Gasteiger partial charge in [0.1, 0.15) is 3.82 Å². The lowest BCUT2D eigenvalue weighted by Gasteiger charge is -2.02. The number of hydrogen-bond acceptors (Lipinski definition) is 4. The minimum atomic E-state index is 0.812. The van der Waals surface area contributed by atoms with E-state index in [-0.39, 0.29) is 0 Å². The molecular weight excluding hydrogens is 344 g/mol. The second kappa shape index (κ2) is 12.5. The van der Waals surface area contributed by atoms with Gasteiger partial charge in [-0.1, -0.05) is 109 Å². The molecule has 20 heavy (non-hydrogen) atoms. The Morgan fingerprint density at radius 2 is 1.45 bits per heavy atom. The summed E-state index contributed by atoms with van der Waals surface area (Å²) >= 11 is 13.2. The first-order valence-corrected chi connectivity index (χ1v) is 11.6. The molecule has 0 unspecified atom stereocenters. The third-order valence-corrected chi connectivity index (χ3v) is 8.80. The summed E-state index contributed by atoms with van der Waals surface area (Å²) in [6.45, 7) is 2.28. The van der Waals surface area contributed by atoms with Gasteiger partial charge < -0.3 is 0 Å². The normalized spacial score (nSPS) is 11.1. The van der Waals surface area contributed by atoms with Gasteiger partial charge in [-0.25, -0.2) is 0 Å². The standard InChI is InChI=1S/C15H25ClS4/c1-2-3-4-5-6-7-8-9-10-11-12-18-15-13(16)14(17)19-20-15/h2-12H2,1H3. The number of unbranched alkanes of at least 4 members (excludes halogenated alkanes) is 9. The molecule has 0 N–H and O–H groups in total. The minimum absolute atomic E-state index is 0.812. The monoisotopic (exact) mass is 368 g/mol. The maximum Gasteiger partial charge on any atom is 0.121 e. The number of hydrogen-bond donors (Lipinski definition) is 0. The van der Waals surface area contributed by atoms with Gasteiger partial charge in [-0.05, 0) is 12.2 Å². The summed E-state index contributed by atoms with van der Waals surface area (Å²) < 4.78 is 2.07. The van der Waals surface area contributed by atoms with Crippen molar-refractivity contribution in [3.05, 3.63) is 8.85 Å². The van der Waals surface area contributed by atoms with E-state index >= 15 is 0 Å². The Bertz CT molecular complexity index is 397. The lowest BCUT2D eigenvalue weighted by atomic mass is 10.1. The molecule has 0 nitrogen and oxygen atoms in total. The molecule has 0 radical (unpaired) electrons. The van der Waals surface area contributed by atoms with Crippen molar-refractivity contribution in [3.8, 4) is 0 Å². The fraction of sp³-hybridized carbons (Fsp3) is 0.800. The van der Waals surface area contributed by atoms with Gasteiger partial charge in [0.25, 0.3) is 0 Å². The van der Waals surface area contributed by atoms with Crippen LogP contribution in [0.1, 0.15) is 71.1 Å². The van der Waals surface area contributed by atoms with Crippen molar-refractivity contribution in [1.82, 2.24) is 0 Å². The predicted octanol–water partition coefficient (Wildman–Crippen LogP) is 8.21. The maximum atomic E-state index is 6.14. The molecule has 1 aromatic rings. The van der Waals surface area contributed by atoms with Gasteiger partial charge in [-0.3, -0.25) is 0 Å². The smallest absolute Gasteiger partial charge is 0.113 e. The topological polar surface area (TPSA) is 0 Å². The Labute approximate surface area is 145 Å². The third kappa shape index (κ3) is 8.38. The van der Waals surface area contributed by atoms with E-state index in [4.69, 9.17) is 23.8 Å². The molecule has 0 amide bonds. The zero-order valence-electron chi connectivity index (χ0n) is 12.3. The molecular formula is C15H25ClS4. The molecule has 1 heterocycles. The Morgan fingerprint density at radius 3 is 1.95 bits per heavy atom. The first-order chi connectivity index (χ1) is 9.75. The molecule has 0 aliphatic carbocycles. The van der Waals surface area contributed by atoms with E-state index in [0.29, 0.717) is 0 Å². The van der Waals surface area contributed by atoms with Gasteiger partial charge in [0, 0.05) is 0 Å². The highest BCUT2D eigenvalue weighted by Gasteiger charge is 2.05. The van der Waals surface area contributed by atoms with E-state index in [1.807, 2.05) is 11.8 Å². The summed E-state index contributed by atoms with van der Waals surface area (Å²) in [4.78, 5) is 0. The Hall–Kier alpha value is 0.910. The summed E-state index contributed by atoms with van der Waals surface area (Å²) in [7, 11) is 3.34. The van der Waals surface area contributed by atoms with Crippen molar-refractivity contribution >= 4 is 56.3 Å². The first kappa shape index (κ1) is 19.0. The predicted molar refractivity (Wildman–Crippen MR) is 101 cm³/mol. The second-order valence-electron chi connectivity index (χ2n) is 5.09. The van der Waals surface area contributed by atoms with Crippen LogP contribution in [0.25, 0.3) is 0 Å². The van der Waals surface area contributed by atoms with Crippen LogP contribution in [0.5, 0.6) is 0 Å². The number of halogens is 1. The van der Waals surface area contributed by atoms with Crippen LogP contribution >= 0.6 is 56.3 Å². The molecule has 0 fully saturated rings. The third-order valence-electron chi connectivity index (χ3n) is 3.28. The maximum absolute atomic E-state index is 6.14. The molecule has 1 aromatic heterocycles. The average molecular weight is 369 g/mol. The molecule has 0 aromatic carbocycles. The van der Waals surface area contributed by atoms with E-state index in [2.05, 4.69) is 6.92 Å². The summed E-state index contributed by atoms with van der Waals surface area (Å²) in [5.74, 6) is 1.18. The Morgan fingerprint density at radius 1 is 0.900 bits per heavy atom. The van der Waals surface area contributed by atoms with Crippen LogP contribution in [0, 0.1) is 3.82 Å². The van der Waals surface area contributed by atoms with E-state index in [1.54, 1.807) is 20.7 Å². The quantitative estimate of drug-likeness (QED) is 0.158. The van der Waals surface area contributed by atoms with Gasteiger partial charge in [0.2, 0.25) is 0 Å². The molecule has 0 saturated heterocycles. The Balaban J connectivity index is 1.88. The van der Waals surface area contributed by atoms with Crippen LogP contribution in [0.4, 0.5) is 0 Å². The van der Waals surface area contributed by atoms with Gasteiger partial charge in [0.05, 0.1) is 9.23 Å². The van der Waals surface area contributed by atoms with E-state index in [0.717, 1.165) is 8.85 Å². The Kier molecular flexibility index (Phi) is 11.8. The largest absolute Gasteiger partial charge is 0.121 e. The van der Waals surface area contributed by atoms with Gasteiger partial charge in [-0.2, -0.15) is 0 Å². The summed E-state index contributed by atoms with van der Waals surface area (Å²) in [5, 5.41) is 0.812. The van der Waals surface area contributed by atoms with Crippen LogP contribution in [-0.2, 0) is 0 Å². The van der Waals surface area contributed by atoms with Crippen molar-refractivity contribution in [2.45, 2.75) is 75.3 Å². The first-order valence-electron chi connectivity index (χ1n) is 7.67. The van der Waals surface area contributed by atoms with Crippen molar-refractivity contribution in [1.29, 1.82) is 0 Å². The minimum Gasteiger partial charge on any atom is -0.113 e. The SMILES string of the molecule is CCCCCCCCCCCCSc1ssc(=S)c1Cl. The van der Waals surface area contributed by atoms with E-state index < -0.39 is 0 Å². The molecule has 0 saturated carbocycles. The molecule has 0 spiro atoms. The highest BCUT2D eigenvalue weighted by Crippen LogP contribution is 2.37. The van der Waals surface area contributed by atoms with Crippen molar-refractivity contribution < 1.29 is 0 Å². The summed E-state index contributed by atoms with van der Waals surface area (Å²) in [6, 6.07) is 0. The van der Waals surface area contributed by atoms with Crippen molar-refractivity contribution in [2.24, 2.45) is 0 Å². The highest BCUT2D eigenvalue weighted by atomic mass is 35.5. The van der Waals surface area contributed by atoms with Crippen LogP contribution in [0.3, 0.4) is 0 Å². The van der Waals surface area contributed by atoms with Crippen molar-refractivity contribution in [2.75, 3.05) is 5.75 Å². The van der Waals surface area contributed by atoms with E-state index in [9.17, 15) is 0 Å². The zero-order chi connectivity index (χ0) is 14.6. The molecule has 0 bridgehead atoms. The molecule has 0 atom stereocenters. The van der Waals surface area contributed by atoms with Gasteiger partial charge >= 0.3 is 0 Å². The molecule has 116 valence electrons. The fourth-order valence-electron chi connectivity index (χ4n) is 2.07. The van der Waals surface area contributed by atoms with Crippen LogP contribution in [0.15, 0.2) is 4.21 Å². The van der Waals surface area contributed by atoms with Crippen molar-refractivity contribution in [3.63, 3.8) is 0 Å². The lowest BCUT2D eigenvalue weighted by molar-refractivity contribution is 0.563. The number of rotatable bonds is 12. The molecule has 1 rings (SSSR count). The second-order valence-corrected chi connectivity index (χ2v) is 9.64. The van der Waals surface area contributed by atoms with E-state index in [1.165, 1.54) is 74.2 Å². The highest BCUT2D eigenvalue weighted by molar-refractivity contribution is 8.03. The number of thioether (sulfide) groups is 1. The van der Waals surface area contributed by atoms with Crippen LogP contribution in [0.2, 0.25) is 5.02 Å². The zero-order valence-corrected chi connectivity index (χ0v) is 16.3. The summed E-state index contributed by atoms with van der Waals surface area (Å²) in [5.41, 5.74) is 0. The lowest BCUT2D eigenvalue weighted by Crippen LogP contribution is -1.83. The molecule has 0 aliphatic rings. The van der Waals surface area contributed by atoms with Gasteiger partial charge in [-0.15, -0.1) is 11.8 Å².